The summed E-state index contributed by atoms with van der Waals surface area (Å²) in [5, 5.41) is 0.932. The predicted octanol–water partition coefficient (Wildman–Crippen LogP) is 4.71. The molecule has 0 amide bonds. The van der Waals surface area contributed by atoms with Crippen LogP contribution in [0.25, 0.3) is 10.9 Å². The highest BCUT2D eigenvalue weighted by Gasteiger charge is 2.21. The summed E-state index contributed by atoms with van der Waals surface area (Å²) in [6.45, 7) is 7.86. The molecule has 1 aromatic carbocycles. The van der Waals surface area contributed by atoms with E-state index in [1.165, 1.54) is 0 Å². The van der Waals surface area contributed by atoms with E-state index in [0.29, 0.717) is 6.61 Å². The van der Waals surface area contributed by atoms with Crippen molar-refractivity contribution in [3.8, 4) is 5.75 Å². The van der Waals surface area contributed by atoms with Gasteiger partial charge in [0.25, 0.3) is 0 Å². The van der Waals surface area contributed by atoms with Gasteiger partial charge in [-0.25, -0.2) is 9.36 Å². The molecule has 0 aliphatic carbocycles. The molecule has 25 heavy (non-hydrogen) atoms. The number of ether oxygens (including phenoxy) is 2. The Kier molecular flexibility index (Phi) is 4.49. The van der Waals surface area contributed by atoms with Crippen LogP contribution in [0.1, 0.15) is 32.2 Å². The van der Waals surface area contributed by atoms with Crippen LogP contribution in [0.3, 0.4) is 0 Å². The van der Waals surface area contributed by atoms with Crippen molar-refractivity contribution in [1.82, 2.24) is 9.55 Å². The molecule has 130 valence electrons. The van der Waals surface area contributed by atoms with Gasteiger partial charge in [0.1, 0.15) is 18.0 Å². The minimum Gasteiger partial charge on any atom is -0.487 e. The monoisotopic (exact) mass is 338 g/mol. The van der Waals surface area contributed by atoms with Gasteiger partial charge in [0, 0.05) is 17.3 Å². The molecule has 0 aliphatic heterocycles. The first-order valence-electron chi connectivity index (χ1n) is 8.22. The Morgan fingerprint density at radius 3 is 2.64 bits per heavy atom. The zero-order valence-corrected chi connectivity index (χ0v) is 14.9. The molecular weight excluding hydrogens is 316 g/mol. The summed E-state index contributed by atoms with van der Waals surface area (Å²) in [5.74, 6) is 0.736. The van der Waals surface area contributed by atoms with Crippen LogP contribution in [0.15, 0.2) is 48.7 Å². The summed E-state index contributed by atoms with van der Waals surface area (Å²) >= 11 is 0. The molecule has 0 spiro atoms. The molecule has 2 heterocycles. The number of carbonyl (C=O) groups excluding carboxylic acids is 1. The molecule has 0 N–H and O–H groups in total. The van der Waals surface area contributed by atoms with Crippen LogP contribution in [0.2, 0.25) is 0 Å². The Morgan fingerprint density at radius 2 is 1.96 bits per heavy atom. The second-order valence-corrected chi connectivity index (χ2v) is 6.93. The summed E-state index contributed by atoms with van der Waals surface area (Å²) < 4.78 is 12.9. The number of hydrogen-bond acceptors (Lipinski definition) is 4. The highest BCUT2D eigenvalue weighted by molar-refractivity contribution is 5.91. The minimum absolute atomic E-state index is 0.373. The lowest BCUT2D eigenvalue weighted by Gasteiger charge is -2.20. The number of fused-ring (bicyclic) bond motifs is 1. The van der Waals surface area contributed by atoms with Crippen molar-refractivity contribution in [3.05, 3.63) is 60.0 Å². The van der Waals surface area contributed by atoms with Gasteiger partial charge < -0.3 is 9.47 Å². The van der Waals surface area contributed by atoms with E-state index in [4.69, 9.17) is 9.47 Å². The lowest BCUT2D eigenvalue weighted by atomic mass is 10.2. The maximum Gasteiger partial charge on any atom is 0.419 e. The second-order valence-electron chi connectivity index (χ2n) is 6.93. The zero-order chi connectivity index (χ0) is 18.0. The number of benzene rings is 1. The Hall–Kier alpha value is -2.82. The maximum atomic E-state index is 12.5. The lowest BCUT2D eigenvalue weighted by Crippen LogP contribution is -2.27. The molecule has 5 heteroatoms. The lowest BCUT2D eigenvalue weighted by molar-refractivity contribution is 0.0541. The molecule has 0 fully saturated rings. The topological polar surface area (TPSA) is 53.4 Å². The Labute approximate surface area is 147 Å². The Bertz CT molecular complexity index is 892. The average molecular weight is 338 g/mol. The first kappa shape index (κ1) is 17.0. The van der Waals surface area contributed by atoms with E-state index in [1.54, 1.807) is 10.8 Å². The summed E-state index contributed by atoms with van der Waals surface area (Å²) in [6.07, 6.45) is 1.37. The molecule has 0 unspecified atom stereocenters. The van der Waals surface area contributed by atoms with Crippen molar-refractivity contribution in [2.75, 3.05) is 0 Å². The number of pyridine rings is 1. The summed E-state index contributed by atoms with van der Waals surface area (Å²) in [7, 11) is 0. The van der Waals surface area contributed by atoms with Gasteiger partial charge in [0.2, 0.25) is 0 Å². The van der Waals surface area contributed by atoms with E-state index >= 15 is 0 Å². The number of nitrogens with zero attached hydrogens (tertiary/aromatic N) is 2. The molecule has 0 atom stereocenters. The number of rotatable bonds is 3. The fourth-order valence-electron chi connectivity index (χ4n) is 2.61. The maximum absolute atomic E-state index is 12.5. The molecule has 3 aromatic rings. The summed E-state index contributed by atoms with van der Waals surface area (Å²) in [5.41, 5.74) is 1.96. The summed E-state index contributed by atoms with van der Waals surface area (Å²) in [4.78, 5) is 16.7. The van der Waals surface area contributed by atoms with Gasteiger partial charge >= 0.3 is 6.09 Å². The van der Waals surface area contributed by atoms with Crippen LogP contribution < -0.4 is 4.74 Å². The smallest absolute Gasteiger partial charge is 0.419 e. The third-order valence-electron chi connectivity index (χ3n) is 3.65. The van der Waals surface area contributed by atoms with Crippen molar-refractivity contribution in [2.24, 2.45) is 0 Å². The Morgan fingerprint density at radius 1 is 1.16 bits per heavy atom. The minimum atomic E-state index is -0.536. The van der Waals surface area contributed by atoms with Gasteiger partial charge in [-0.3, -0.25) is 4.98 Å². The van der Waals surface area contributed by atoms with E-state index in [1.807, 2.05) is 70.2 Å². The SMILES string of the molecule is Cc1cc2cc(OCc3ccccn3)ccc2n1C(=O)OC(C)(C)C. The van der Waals surface area contributed by atoms with Gasteiger partial charge in [-0.2, -0.15) is 0 Å². The van der Waals surface area contributed by atoms with Crippen LogP contribution in [0.5, 0.6) is 5.75 Å². The van der Waals surface area contributed by atoms with Gasteiger partial charge in [-0.05, 0) is 64.1 Å². The normalized spacial score (nSPS) is 11.5. The number of aromatic nitrogens is 2. The van der Waals surface area contributed by atoms with Crippen LogP contribution in [-0.4, -0.2) is 21.2 Å². The molecular formula is C20H22N2O3. The molecule has 0 saturated carbocycles. The standard InChI is InChI=1S/C20H22N2O3/c1-14-11-15-12-17(24-13-16-7-5-6-10-21-16)8-9-18(15)22(14)19(23)25-20(2,3)4/h5-12H,13H2,1-4H3. The third-order valence-corrected chi connectivity index (χ3v) is 3.65. The molecule has 5 nitrogen and oxygen atoms in total. The highest BCUT2D eigenvalue weighted by atomic mass is 16.6. The van der Waals surface area contributed by atoms with Gasteiger partial charge in [0.15, 0.2) is 0 Å². The van der Waals surface area contributed by atoms with E-state index in [9.17, 15) is 4.79 Å². The number of hydrogen-bond donors (Lipinski definition) is 0. The molecule has 0 radical (unpaired) electrons. The van der Waals surface area contributed by atoms with E-state index < -0.39 is 5.60 Å². The van der Waals surface area contributed by atoms with Crippen molar-refractivity contribution in [1.29, 1.82) is 0 Å². The summed E-state index contributed by atoms with van der Waals surface area (Å²) in [6, 6.07) is 13.3. The molecule has 0 aliphatic rings. The molecule has 3 rings (SSSR count). The van der Waals surface area contributed by atoms with E-state index in [2.05, 4.69) is 4.98 Å². The highest BCUT2D eigenvalue weighted by Crippen LogP contribution is 2.26. The van der Waals surface area contributed by atoms with Crippen LogP contribution in [-0.2, 0) is 11.3 Å². The number of aryl methyl sites for hydroxylation is 1. The fraction of sp³-hybridized carbons (Fsp3) is 0.300. The first-order chi connectivity index (χ1) is 11.8. The van der Waals surface area contributed by atoms with E-state index in [-0.39, 0.29) is 6.09 Å². The molecule has 2 aromatic heterocycles. The van der Waals surface area contributed by atoms with Crippen molar-refractivity contribution < 1.29 is 14.3 Å². The van der Waals surface area contributed by atoms with E-state index in [0.717, 1.165) is 28.0 Å². The fourth-order valence-corrected chi connectivity index (χ4v) is 2.61. The zero-order valence-electron chi connectivity index (χ0n) is 14.9. The number of carbonyl (C=O) groups is 1. The Balaban J connectivity index is 1.83. The third kappa shape index (κ3) is 3.99. The largest absolute Gasteiger partial charge is 0.487 e. The first-order valence-corrected chi connectivity index (χ1v) is 8.22. The molecule has 0 bridgehead atoms. The van der Waals surface area contributed by atoms with Gasteiger partial charge in [-0.1, -0.05) is 6.07 Å². The van der Waals surface area contributed by atoms with Crippen molar-refractivity contribution >= 4 is 17.0 Å². The van der Waals surface area contributed by atoms with Crippen LogP contribution >= 0.6 is 0 Å². The van der Waals surface area contributed by atoms with Crippen LogP contribution in [0.4, 0.5) is 4.79 Å². The van der Waals surface area contributed by atoms with Crippen molar-refractivity contribution in [3.63, 3.8) is 0 Å². The quantitative estimate of drug-likeness (QED) is 0.694. The second kappa shape index (κ2) is 6.59. The average Bonchev–Trinajstić information content (AvgIpc) is 2.87. The predicted molar refractivity (Wildman–Crippen MR) is 96.9 cm³/mol. The van der Waals surface area contributed by atoms with Crippen LogP contribution in [0, 0.1) is 6.92 Å². The molecule has 0 saturated heterocycles. The van der Waals surface area contributed by atoms with Gasteiger partial charge in [-0.15, -0.1) is 0 Å². The van der Waals surface area contributed by atoms with Crippen molar-refractivity contribution in [2.45, 2.75) is 39.9 Å². The van der Waals surface area contributed by atoms with Gasteiger partial charge in [0.05, 0.1) is 11.2 Å².